The van der Waals surface area contributed by atoms with Crippen molar-refractivity contribution in [3.63, 3.8) is 0 Å². The maximum Gasteiger partial charge on any atom is 0.219 e. The Morgan fingerprint density at radius 1 is 0.400 bits per heavy atom. The van der Waals surface area contributed by atoms with E-state index < -0.39 is 0 Å². The molecule has 0 saturated heterocycles. The molecule has 6 heteroatoms. The number of amides is 2. The number of unbranched alkanes of at least 4 members (excludes halogenated alkanes) is 23. The van der Waals surface area contributed by atoms with Gasteiger partial charge in [0.25, 0.3) is 0 Å². The summed E-state index contributed by atoms with van der Waals surface area (Å²) in [6.07, 6.45) is 38.9. The number of rotatable bonds is 39. The lowest BCUT2D eigenvalue weighted by Gasteiger charge is -2.09. The average molecular weight is 699 g/mol. The van der Waals surface area contributed by atoms with Crippen LogP contribution in [-0.2, 0) is 9.59 Å². The van der Waals surface area contributed by atoms with E-state index in [-0.39, 0.29) is 23.7 Å². The number of carbonyl (C=O) groups excluding carboxylic acids is 2. The minimum Gasteiger partial charge on any atom is -0.356 e. The van der Waals surface area contributed by atoms with Crippen LogP contribution < -0.4 is 10.6 Å². The lowest BCUT2D eigenvalue weighted by molar-refractivity contribution is -0.122. The van der Waals surface area contributed by atoms with Gasteiger partial charge in [-0.25, -0.2) is 0 Å². The summed E-state index contributed by atoms with van der Waals surface area (Å²) in [5.74, 6) is 0.838. The second-order valence-electron chi connectivity index (χ2n) is 15.2. The molecule has 0 aromatic rings. The molecule has 0 rings (SSSR count). The molecule has 6 nitrogen and oxygen atoms in total. The third kappa shape index (κ3) is 35.7. The Balaban J connectivity index is 3.45. The van der Waals surface area contributed by atoms with Gasteiger partial charge in [0.05, 0.1) is 12.1 Å². The molecule has 2 atom stereocenters. The maximum absolute atomic E-state index is 12.1. The lowest BCUT2D eigenvalue weighted by Crippen LogP contribution is -2.24. The predicted molar refractivity (Wildman–Crippen MR) is 213 cm³/mol. The van der Waals surface area contributed by atoms with Crippen LogP contribution in [0.4, 0.5) is 0 Å². The molecule has 2 unspecified atom stereocenters. The molecule has 0 aliphatic heterocycles. The molecule has 0 aliphatic carbocycles. The molecule has 0 aromatic heterocycles. The van der Waals surface area contributed by atoms with Crippen LogP contribution in [-0.4, -0.2) is 24.9 Å². The summed E-state index contributed by atoms with van der Waals surface area (Å²) in [5, 5.41) is 25.0. The van der Waals surface area contributed by atoms with Crippen LogP contribution in [0.5, 0.6) is 0 Å². The van der Waals surface area contributed by atoms with Crippen molar-refractivity contribution in [2.75, 3.05) is 13.1 Å². The Kier molecular flexibility index (Phi) is 38.1. The Labute approximate surface area is 311 Å². The largest absolute Gasteiger partial charge is 0.356 e. The zero-order valence-corrected chi connectivity index (χ0v) is 33.3. The molecule has 0 spiro atoms. The fraction of sp³-hybridized carbons (Fsp3) is 0.909. The van der Waals surface area contributed by atoms with Gasteiger partial charge in [-0.2, -0.15) is 10.5 Å². The molecule has 290 valence electrons. The summed E-state index contributed by atoms with van der Waals surface area (Å²) in [6, 6.07) is 5.05. The molecule has 0 saturated carbocycles. The Morgan fingerprint density at radius 2 is 0.660 bits per heavy atom. The van der Waals surface area contributed by atoms with Crippen molar-refractivity contribution in [2.45, 2.75) is 232 Å². The van der Waals surface area contributed by atoms with Gasteiger partial charge in [-0.1, -0.05) is 168 Å². The van der Waals surface area contributed by atoms with Gasteiger partial charge >= 0.3 is 0 Å². The Bertz CT molecular complexity index is 765. The molecule has 0 fully saturated rings. The number of nitrogens with one attached hydrogen (secondary N) is 2. The second-order valence-corrected chi connectivity index (χ2v) is 15.2. The predicted octanol–water partition coefficient (Wildman–Crippen LogP) is 12.8. The van der Waals surface area contributed by atoms with Gasteiger partial charge < -0.3 is 10.6 Å². The maximum atomic E-state index is 12.1. The topological polar surface area (TPSA) is 106 Å². The summed E-state index contributed by atoms with van der Waals surface area (Å²) < 4.78 is 0. The van der Waals surface area contributed by atoms with Crippen molar-refractivity contribution in [2.24, 2.45) is 11.8 Å². The SMILES string of the molecule is CCCCCCCCC(C#N)CCCCCCCCC(=O)NCCCCCCNC(=O)CCCCCCCCC(C#N)CCCCCCCC. The van der Waals surface area contributed by atoms with Gasteiger partial charge in [0.15, 0.2) is 0 Å². The number of hydrogen-bond donors (Lipinski definition) is 2. The molecule has 2 N–H and O–H groups in total. The second kappa shape index (κ2) is 39.7. The Hall–Kier alpha value is -2.08. The van der Waals surface area contributed by atoms with Crippen LogP contribution in [0.25, 0.3) is 0 Å². The summed E-state index contributed by atoms with van der Waals surface area (Å²) in [6.45, 7) is 6.00. The molecule has 0 aromatic carbocycles. The Morgan fingerprint density at radius 3 is 0.960 bits per heavy atom. The zero-order valence-electron chi connectivity index (χ0n) is 33.3. The van der Waals surface area contributed by atoms with E-state index >= 15 is 0 Å². The number of nitrogens with zero attached hydrogens (tertiary/aromatic N) is 2. The minimum absolute atomic E-state index is 0.176. The first-order valence-corrected chi connectivity index (χ1v) is 21.9. The van der Waals surface area contributed by atoms with E-state index in [1.54, 1.807) is 0 Å². The summed E-state index contributed by atoms with van der Waals surface area (Å²) in [7, 11) is 0. The highest BCUT2D eigenvalue weighted by Crippen LogP contribution is 2.20. The first-order chi connectivity index (χ1) is 24.6. The van der Waals surface area contributed by atoms with Crippen molar-refractivity contribution in [3.8, 4) is 12.1 Å². The van der Waals surface area contributed by atoms with Gasteiger partial charge in [0.1, 0.15) is 0 Å². The number of carbonyl (C=O) groups is 2. The standard InChI is InChI=1S/C44H82N4O2/c1-3-5-7-9-15-23-31-41(39-45)33-25-17-11-13-19-27-35-43(49)47-37-29-21-22-30-38-48-44(50)36-28-20-14-12-18-26-34-42(40-46)32-24-16-10-8-6-4-2/h41-42H,3-38H2,1-2H3,(H,47,49)(H,48,50). The highest BCUT2D eigenvalue weighted by molar-refractivity contribution is 5.76. The quantitative estimate of drug-likeness (QED) is 0.0623. The summed E-state index contributed by atoms with van der Waals surface area (Å²) >= 11 is 0. The van der Waals surface area contributed by atoms with Crippen LogP contribution in [0.15, 0.2) is 0 Å². The minimum atomic E-state index is 0.176. The molecule has 2 amide bonds. The molecule has 0 bridgehead atoms. The van der Waals surface area contributed by atoms with Crippen LogP contribution in [0.2, 0.25) is 0 Å². The molecular formula is C44H82N4O2. The van der Waals surface area contributed by atoms with Crippen molar-refractivity contribution < 1.29 is 9.59 Å². The normalized spacial score (nSPS) is 12.2. The van der Waals surface area contributed by atoms with Crippen LogP contribution in [0.3, 0.4) is 0 Å². The summed E-state index contributed by atoms with van der Waals surface area (Å²) in [4.78, 5) is 24.3. The smallest absolute Gasteiger partial charge is 0.219 e. The van der Waals surface area contributed by atoms with Gasteiger partial charge in [0.2, 0.25) is 11.8 Å². The highest BCUT2D eigenvalue weighted by atomic mass is 16.2. The molecule has 0 aliphatic rings. The molecule has 0 radical (unpaired) electrons. The van der Waals surface area contributed by atoms with Gasteiger partial charge in [-0.05, 0) is 51.4 Å². The van der Waals surface area contributed by atoms with Crippen molar-refractivity contribution >= 4 is 11.8 Å². The third-order valence-electron chi connectivity index (χ3n) is 10.3. The fourth-order valence-electron chi connectivity index (χ4n) is 6.89. The van der Waals surface area contributed by atoms with Gasteiger partial charge in [0, 0.05) is 37.8 Å². The van der Waals surface area contributed by atoms with Crippen LogP contribution >= 0.6 is 0 Å². The van der Waals surface area contributed by atoms with E-state index in [0.717, 1.165) is 103 Å². The zero-order chi connectivity index (χ0) is 36.6. The van der Waals surface area contributed by atoms with E-state index in [1.807, 2.05) is 0 Å². The third-order valence-corrected chi connectivity index (χ3v) is 10.3. The fourth-order valence-corrected chi connectivity index (χ4v) is 6.89. The molecular weight excluding hydrogens is 617 g/mol. The first kappa shape index (κ1) is 47.9. The van der Waals surface area contributed by atoms with Crippen molar-refractivity contribution in [3.05, 3.63) is 0 Å². The van der Waals surface area contributed by atoms with Gasteiger partial charge in [-0.3, -0.25) is 9.59 Å². The number of hydrogen-bond acceptors (Lipinski definition) is 4. The van der Waals surface area contributed by atoms with E-state index in [4.69, 9.17) is 0 Å². The highest BCUT2D eigenvalue weighted by Gasteiger charge is 2.08. The van der Waals surface area contributed by atoms with E-state index in [9.17, 15) is 20.1 Å². The van der Waals surface area contributed by atoms with Gasteiger partial charge in [-0.15, -0.1) is 0 Å². The van der Waals surface area contributed by atoms with Crippen molar-refractivity contribution in [1.82, 2.24) is 10.6 Å². The lowest BCUT2D eigenvalue weighted by atomic mass is 9.95. The van der Waals surface area contributed by atoms with Crippen LogP contribution in [0, 0.1) is 34.5 Å². The van der Waals surface area contributed by atoms with Crippen LogP contribution in [0.1, 0.15) is 232 Å². The number of nitriles is 2. The summed E-state index contributed by atoms with van der Waals surface area (Å²) in [5.41, 5.74) is 0. The molecule has 0 heterocycles. The van der Waals surface area contributed by atoms with E-state index in [1.165, 1.54) is 116 Å². The monoisotopic (exact) mass is 699 g/mol. The van der Waals surface area contributed by atoms with E-state index in [2.05, 4.69) is 36.6 Å². The molecule has 50 heavy (non-hydrogen) atoms. The average Bonchev–Trinajstić information content (AvgIpc) is 3.12. The van der Waals surface area contributed by atoms with E-state index in [0.29, 0.717) is 12.8 Å². The van der Waals surface area contributed by atoms with Crippen molar-refractivity contribution in [1.29, 1.82) is 10.5 Å². The first-order valence-electron chi connectivity index (χ1n) is 21.9.